The highest BCUT2D eigenvalue weighted by Gasteiger charge is 2.24. The third kappa shape index (κ3) is 4.97. The molecule has 0 radical (unpaired) electrons. The van der Waals surface area contributed by atoms with Crippen molar-refractivity contribution in [1.82, 2.24) is 9.88 Å². The lowest BCUT2D eigenvalue weighted by Crippen LogP contribution is -2.40. The molecule has 1 unspecified atom stereocenters. The normalized spacial score (nSPS) is 18.2. The molecule has 19 heavy (non-hydrogen) atoms. The van der Waals surface area contributed by atoms with Crippen LogP contribution in [0.1, 0.15) is 29.8 Å². The summed E-state index contributed by atoms with van der Waals surface area (Å²) in [7, 11) is 0. The first kappa shape index (κ1) is 18.2. The summed E-state index contributed by atoms with van der Waals surface area (Å²) in [5, 5.41) is 0. The predicted molar refractivity (Wildman–Crippen MR) is 81.0 cm³/mol. The van der Waals surface area contributed by atoms with Crippen LogP contribution >= 0.6 is 24.8 Å². The Labute approximate surface area is 126 Å². The minimum absolute atomic E-state index is 0. The molecule has 1 fully saturated rings. The van der Waals surface area contributed by atoms with Gasteiger partial charge in [-0.2, -0.15) is 0 Å². The Morgan fingerprint density at radius 2 is 2.21 bits per heavy atom. The smallest absolute Gasteiger partial charge is 0.272 e. The summed E-state index contributed by atoms with van der Waals surface area (Å²) in [6, 6.07) is 5.45. The number of hydrogen-bond acceptors (Lipinski definition) is 3. The number of nitrogens with two attached hydrogens (primary N) is 1. The van der Waals surface area contributed by atoms with Gasteiger partial charge in [0.1, 0.15) is 5.69 Å². The number of rotatable bonds is 3. The standard InChI is InChI=1S/C13H19N3O.2ClH/c14-7-6-11-4-3-9-16(10-11)13(17)12-5-1-2-8-15-12;;/h1-2,5,8,11H,3-4,6-7,9-10,14H2;2*1H. The van der Waals surface area contributed by atoms with Crippen molar-refractivity contribution in [2.75, 3.05) is 19.6 Å². The molecular formula is C13H21Cl2N3O. The fraction of sp³-hybridized carbons (Fsp3) is 0.538. The molecule has 1 atom stereocenters. The van der Waals surface area contributed by atoms with Crippen molar-refractivity contribution in [3.05, 3.63) is 30.1 Å². The van der Waals surface area contributed by atoms with Crippen LogP contribution in [0.15, 0.2) is 24.4 Å². The van der Waals surface area contributed by atoms with E-state index in [-0.39, 0.29) is 30.7 Å². The molecule has 0 spiro atoms. The third-order valence-corrected chi connectivity index (χ3v) is 3.27. The Kier molecular flexibility index (Phi) is 8.72. The molecule has 1 aliphatic heterocycles. The van der Waals surface area contributed by atoms with Gasteiger partial charge < -0.3 is 10.6 Å². The van der Waals surface area contributed by atoms with Crippen molar-refractivity contribution in [3.8, 4) is 0 Å². The fourth-order valence-electron chi connectivity index (χ4n) is 2.37. The van der Waals surface area contributed by atoms with E-state index in [9.17, 15) is 4.79 Å². The molecule has 2 heterocycles. The molecule has 0 bridgehead atoms. The van der Waals surface area contributed by atoms with E-state index in [0.717, 1.165) is 25.9 Å². The summed E-state index contributed by atoms with van der Waals surface area (Å²) in [5.41, 5.74) is 6.12. The van der Waals surface area contributed by atoms with Crippen molar-refractivity contribution in [1.29, 1.82) is 0 Å². The monoisotopic (exact) mass is 305 g/mol. The predicted octanol–water partition coefficient (Wildman–Crippen LogP) is 2.13. The van der Waals surface area contributed by atoms with E-state index in [2.05, 4.69) is 4.98 Å². The molecular weight excluding hydrogens is 285 g/mol. The Morgan fingerprint density at radius 1 is 1.42 bits per heavy atom. The van der Waals surface area contributed by atoms with Crippen molar-refractivity contribution in [3.63, 3.8) is 0 Å². The first-order chi connectivity index (χ1) is 8.31. The van der Waals surface area contributed by atoms with E-state index in [4.69, 9.17) is 5.73 Å². The Hall–Kier alpha value is -0.840. The number of piperidine rings is 1. The second-order valence-corrected chi connectivity index (χ2v) is 4.55. The lowest BCUT2D eigenvalue weighted by Gasteiger charge is -2.32. The molecule has 1 saturated heterocycles. The van der Waals surface area contributed by atoms with E-state index in [1.165, 1.54) is 6.42 Å². The van der Waals surface area contributed by atoms with Gasteiger partial charge in [0.25, 0.3) is 5.91 Å². The molecule has 1 aliphatic rings. The Balaban J connectivity index is 0.00000162. The second kappa shape index (κ2) is 9.13. The SMILES string of the molecule is Cl.Cl.NCCC1CCCN(C(=O)c2ccccn2)C1. The molecule has 2 N–H and O–H groups in total. The van der Waals surface area contributed by atoms with E-state index in [1.54, 1.807) is 12.3 Å². The van der Waals surface area contributed by atoms with Crippen LogP contribution in [0.25, 0.3) is 0 Å². The molecule has 6 heteroatoms. The number of halogens is 2. The van der Waals surface area contributed by atoms with E-state index in [1.807, 2.05) is 17.0 Å². The molecule has 2 rings (SSSR count). The van der Waals surface area contributed by atoms with Gasteiger partial charge in [-0.15, -0.1) is 24.8 Å². The van der Waals surface area contributed by atoms with Crippen LogP contribution in [0.4, 0.5) is 0 Å². The van der Waals surface area contributed by atoms with Crippen LogP contribution < -0.4 is 5.73 Å². The number of carbonyl (C=O) groups excluding carboxylic acids is 1. The minimum Gasteiger partial charge on any atom is -0.337 e. The largest absolute Gasteiger partial charge is 0.337 e. The maximum absolute atomic E-state index is 12.2. The zero-order valence-corrected chi connectivity index (χ0v) is 12.5. The number of hydrogen-bond donors (Lipinski definition) is 1. The van der Waals surface area contributed by atoms with Crippen molar-refractivity contribution >= 4 is 30.7 Å². The van der Waals surface area contributed by atoms with Crippen LogP contribution in [-0.4, -0.2) is 35.4 Å². The number of pyridine rings is 1. The van der Waals surface area contributed by atoms with Crippen LogP contribution in [0.2, 0.25) is 0 Å². The topological polar surface area (TPSA) is 59.2 Å². The van der Waals surface area contributed by atoms with Crippen LogP contribution in [0, 0.1) is 5.92 Å². The van der Waals surface area contributed by atoms with Gasteiger partial charge in [0.05, 0.1) is 0 Å². The summed E-state index contributed by atoms with van der Waals surface area (Å²) in [6.07, 6.45) is 4.92. The summed E-state index contributed by atoms with van der Waals surface area (Å²) in [5.74, 6) is 0.605. The number of carbonyl (C=O) groups is 1. The fourth-order valence-corrected chi connectivity index (χ4v) is 2.37. The highest BCUT2D eigenvalue weighted by atomic mass is 35.5. The van der Waals surface area contributed by atoms with Crippen molar-refractivity contribution in [2.24, 2.45) is 11.7 Å². The van der Waals surface area contributed by atoms with Gasteiger partial charge in [-0.05, 0) is 43.9 Å². The van der Waals surface area contributed by atoms with Gasteiger partial charge in [-0.3, -0.25) is 9.78 Å². The van der Waals surface area contributed by atoms with Crippen LogP contribution in [0.5, 0.6) is 0 Å². The number of nitrogens with zero attached hydrogens (tertiary/aromatic N) is 2. The zero-order valence-electron chi connectivity index (χ0n) is 10.8. The maximum Gasteiger partial charge on any atom is 0.272 e. The summed E-state index contributed by atoms with van der Waals surface area (Å²) in [6.45, 7) is 2.37. The molecule has 1 amide bonds. The average molecular weight is 306 g/mol. The van der Waals surface area contributed by atoms with Gasteiger partial charge in [-0.25, -0.2) is 0 Å². The summed E-state index contributed by atoms with van der Waals surface area (Å²) >= 11 is 0. The number of likely N-dealkylation sites (tertiary alicyclic amines) is 1. The highest BCUT2D eigenvalue weighted by Crippen LogP contribution is 2.20. The molecule has 108 valence electrons. The maximum atomic E-state index is 12.2. The van der Waals surface area contributed by atoms with Gasteiger partial charge in [-0.1, -0.05) is 6.07 Å². The Bertz CT molecular complexity index is 373. The molecule has 1 aromatic rings. The van der Waals surface area contributed by atoms with E-state index in [0.29, 0.717) is 18.2 Å². The van der Waals surface area contributed by atoms with E-state index >= 15 is 0 Å². The molecule has 0 aromatic carbocycles. The molecule has 1 aromatic heterocycles. The average Bonchev–Trinajstić information content (AvgIpc) is 2.40. The van der Waals surface area contributed by atoms with Crippen molar-refractivity contribution < 1.29 is 4.79 Å². The lowest BCUT2D eigenvalue weighted by atomic mass is 9.94. The third-order valence-electron chi connectivity index (χ3n) is 3.27. The van der Waals surface area contributed by atoms with Crippen molar-refractivity contribution in [2.45, 2.75) is 19.3 Å². The van der Waals surface area contributed by atoms with Crippen LogP contribution in [0.3, 0.4) is 0 Å². The van der Waals surface area contributed by atoms with Gasteiger partial charge in [0, 0.05) is 19.3 Å². The first-order valence-electron chi connectivity index (χ1n) is 6.21. The minimum atomic E-state index is 0. The van der Waals surface area contributed by atoms with Gasteiger partial charge in [0.2, 0.25) is 0 Å². The summed E-state index contributed by atoms with van der Waals surface area (Å²) in [4.78, 5) is 18.2. The molecule has 0 saturated carbocycles. The first-order valence-corrected chi connectivity index (χ1v) is 6.21. The highest BCUT2D eigenvalue weighted by molar-refractivity contribution is 5.92. The zero-order chi connectivity index (χ0) is 12.1. The van der Waals surface area contributed by atoms with Crippen LogP contribution in [-0.2, 0) is 0 Å². The van der Waals surface area contributed by atoms with Gasteiger partial charge >= 0.3 is 0 Å². The summed E-state index contributed by atoms with van der Waals surface area (Å²) < 4.78 is 0. The number of aromatic nitrogens is 1. The number of amides is 1. The van der Waals surface area contributed by atoms with Gasteiger partial charge in [0.15, 0.2) is 0 Å². The second-order valence-electron chi connectivity index (χ2n) is 4.55. The lowest BCUT2D eigenvalue weighted by molar-refractivity contribution is 0.0663. The quantitative estimate of drug-likeness (QED) is 0.930. The molecule has 4 nitrogen and oxygen atoms in total. The van der Waals surface area contributed by atoms with E-state index < -0.39 is 0 Å². The Morgan fingerprint density at radius 3 is 2.84 bits per heavy atom. The molecule has 0 aliphatic carbocycles.